The van der Waals surface area contributed by atoms with E-state index in [1.54, 1.807) is 12.1 Å². The number of methoxy groups -OCH3 is 1. The lowest BCUT2D eigenvalue weighted by molar-refractivity contribution is -0.273. The first-order valence-corrected chi connectivity index (χ1v) is 15.1. The van der Waals surface area contributed by atoms with Gasteiger partial charge in [0.25, 0.3) is 0 Å². The van der Waals surface area contributed by atoms with E-state index >= 15 is 0 Å². The Kier molecular flexibility index (Phi) is 10.1. The Morgan fingerprint density at radius 1 is 1.10 bits per heavy atom. The number of hydrogen-bond acceptors (Lipinski definition) is 8. The highest BCUT2D eigenvalue weighted by Crippen LogP contribution is 2.35. The summed E-state index contributed by atoms with van der Waals surface area (Å²) in [6.45, 7) is 4.27. The first-order chi connectivity index (χ1) is 19.1. The lowest BCUT2D eigenvalue weighted by Crippen LogP contribution is -2.61. The number of aliphatic hydroxyl groups is 1. The van der Waals surface area contributed by atoms with Crippen LogP contribution in [0.5, 0.6) is 5.75 Å². The van der Waals surface area contributed by atoms with Crippen LogP contribution in [-0.4, -0.2) is 86.7 Å². The van der Waals surface area contributed by atoms with Gasteiger partial charge in [-0.3, -0.25) is 0 Å². The number of nitrogens with zero attached hydrogens (tertiary/aromatic N) is 2. The number of carbonyl (C=O) groups is 1. The molecule has 2 saturated heterocycles. The van der Waals surface area contributed by atoms with Crippen molar-refractivity contribution in [2.24, 2.45) is 11.8 Å². The van der Waals surface area contributed by atoms with E-state index in [2.05, 4.69) is 0 Å². The van der Waals surface area contributed by atoms with Crippen LogP contribution in [0, 0.1) is 11.8 Å². The zero-order valence-corrected chi connectivity index (χ0v) is 24.0. The smallest absolute Gasteiger partial charge is 0.243 e. The van der Waals surface area contributed by atoms with E-state index in [-0.39, 0.29) is 42.8 Å². The van der Waals surface area contributed by atoms with Gasteiger partial charge < -0.3 is 34.1 Å². The molecule has 10 nitrogen and oxygen atoms in total. The number of sulfonamides is 1. The summed E-state index contributed by atoms with van der Waals surface area (Å²) >= 11 is 0. The first kappa shape index (κ1) is 30.3. The molecule has 0 bridgehead atoms. The van der Waals surface area contributed by atoms with E-state index in [1.165, 1.54) is 28.4 Å². The molecule has 2 aliphatic heterocycles. The van der Waals surface area contributed by atoms with E-state index in [0.717, 1.165) is 18.4 Å². The summed E-state index contributed by atoms with van der Waals surface area (Å²) in [6, 6.07) is 13.7. The van der Waals surface area contributed by atoms with Crippen LogP contribution < -0.4 is 9.84 Å². The van der Waals surface area contributed by atoms with Crippen molar-refractivity contribution in [2.75, 3.05) is 33.4 Å². The van der Waals surface area contributed by atoms with Gasteiger partial charge in [0.05, 0.1) is 36.8 Å². The molecule has 11 heteroatoms. The maximum atomic E-state index is 13.7. The molecule has 0 radical (unpaired) electrons. The third-order valence-electron chi connectivity index (χ3n) is 7.55. The summed E-state index contributed by atoms with van der Waals surface area (Å²) in [5.74, 6) is 0.269. The molecule has 1 N–H and O–H groups in total. The molecule has 4 rings (SSSR count). The molecule has 0 unspecified atom stereocenters. The second-order valence-corrected chi connectivity index (χ2v) is 12.8. The minimum absolute atomic E-state index is 0.0478. The number of aliphatic hydroxyl groups excluding tert-OH is 1. The van der Waals surface area contributed by atoms with Crippen molar-refractivity contribution < 1.29 is 37.6 Å². The molecular weight excluding hydrogens is 536 g/mol. The van der Waals surface area contributed by atoms with E-state index < -0.39 is 40.6 Å². The standard InChI is InChI=1S/C29H40N2O8S/c1-20(2)17-30(40(35,36)23-13-11-22(37-3)12-14-23)18-27(32)25(16-21-8-5-4-6-9-21)31(29(33)34)26-19-39-28-24(26)10-7-15-38-28/h4-6,8-9,11-14,20,24-28,32H,7,10,15-19H2,1-3H3,(H,33,34)/p-1/t24-,25+,26-,27-,28+/m1/s1. The van der Waals surface area contributed by atoms with Crippen LogP contribution in [0.4, 0.5) is 4.79 Å². The Balaban J connectivity index is 1.67. The molecule has 2 aromatic rings. The number of rotatable bonds is 12. The molecule has 1 amide bonds. The highest BCUT2D eigenvalue weighted by molar-refractivity contribution is 7.89. The quantitative estimate of drug-likeness (QED) is 0.408. The minimum Gasteiger partial charge on any atom is -0.530 e. The fourth-order valence-electron chi connectivity index (χ4n) is 5.62. The van der Waals surface area contributed by atoms with Gasteiger partial charge in [-0.15, -0.1) is 0 Å². The number of carbonyl (C=O) groups excluding carboxylic acids is 1. The van der Waals surface area contributed by atoms with Crippen molar-refractivity contribution in [3.63, 3.8) is 0 Å². The van der Waals surface area contributed by atoms with Crippen LogP contribution in [0.15, 0.2) is 59.5 Å². The predicted molar refractivity (Wildman–Crippen MR) is 146 cm³/mol. The van der Waals surface area contributed by atoms with Crippen LogP contribution in [0.2, 0.25) is 0 Å². The number of fused-ring (bicyclic) bond motifs is 1. The van der Waals surface area contributed by atoms with Gasteiger partial charge in [0.2, 0.25) is 10.0 Å². The van der Waals surface area contributed by atoms with Crippen molar-refractivity contribution in [3.8, 4) is 5.75 Å². The maximum Gasteiger partial charge on any atom is 0.243 e. The summed E-state index contributed by atoms with van der Waals surface area (Å²) < 4.78 is 45.4. The highest BCUT2D eigenvalue weighted by atomic mass is 32.2. The summed E-state index contributed by atoms with van der Waals surface area (Å²) in [7, 11) is -2.52. The van der Waals surface area contributed by atoms with Gasteiger partial charge >= 0.3 is 0 Å². The number of carboxylic acid groups (broad SMARTS) is 1. The van der Waals surface area contributed by atoms with Crippen LogP contribution in [0.3, 0.4) is 0 Å². The van der Waals surface area contributed by atoms with Gasteiger partial charge in [-0.2, -0.15) is 4.31 Å². The zero-order chi connectivity index (χ0) is 28.9. The lowest BCUT2D eigenvalue weighted by atomic mass is 9.90. The minimum atomic E-state index is -4.02. The monoisotopic (exact) mass is 575 g/mol. The third kappa shape index (κ3) is 6.95. The topological polar surface area (TPSA) is 129 Å². The highest BCUT2D eigenvalue weighted by Gasteiger charge is 2.46. The van der Waals surface area contributed by atoms with E-state index in [4.69, 9.17) is 14.2 Å². The molecule has 2 heterocycles. The van der Waals surface area contributed by atoms with Gasteiger partial charge in [0, 0.05) is 25.6 Å². The Morgan fingerprint density at radius 3 is 2.42 bits per heavy atom. The Labute approximate surface area is 236 Å². The number of benzene rings is 2. The fourth-order valence-corrected chi connectivity index (χ4v) is 7.25. The molecule has 220 valence electrons. The lowest BCUT2D eigenvalue weighted by Gasteiger charge is -2.44. The molecule has 2 aliphatic rings. The molecule has 2 fully saturated rings. The summed E-state index contributed by atoms with van der Waals surface area (Å²) in [5, 5.41) is 24.4. The third-order valence-corrected chi connectivity index (χ3v) is 9.40. The number of hydrogen-bond donors (Lipinski definition) is 1. The number of ether oxygens (including phenoxy) is 3. The largest absolute Gasteiger partial charge is 0.530 e. The van der Waals surface area contributed by atoms with Gasteiger partial charge in [-0.05, 0) is 55.0 Å². The van der Waals surface area contributed by atoms with Crippen molar-refractivity contribution in [2.45, 2.75) is 62.5 Å². The summed E-state index contributed by atoms with van der Waals surface area (Å²) in [4.78, 5) is 13.9. The molecule has 0 saturated carbocycles. The van der Waals surface area contributed by atoms with Crippen molar-refractivity contribution in [3.05, 3.63) is 60.2 Å². The number of amides is 1. The van der Waals surface area contributed by atoms with Crippen molar-refractivity contribution >= 4 is 16.1 Å². The van der Waals surface area contributed by atoms with Gasteiger partial charge in [0.15, 0.2) is 6.29 Å². The molecular formula is C29H39N2O8S-. The fraction of sp³-hybridized carbons (Fsp3) is 0.552. The predicted octanol–water partition coefficient (Wildman–Crippen LogP) is 2.11. The van der Waals surface area contributed by atoms with Gasteiger partial charge in [-0.1, -0.05) is 44.2 Å². The average Bonchev–Trinajstić information content (AvgIpc) is 3.36. The molecule has 0 aliphatic carbocycles. The van der Waals surface area contributed by atoms with Crippen LogP contribution >= 0.6 is 0 Å². The molecule has 0 aromatic heterocycles. The normalized spacial score (nSPS) is 22.6. The van der Waals surface area contributed by atoms with E-state index in [0.29, 0.717) is 12.4 Å². The van der Waals surface area contributed by atoms with Gasteiger partial charge in [0.1, 0.15) is 11.8 Å². The zero-order valence-electron chi connectivity index (χ0n) is 23.2. The Bertz CT molecular complexity index is 1210. The second kappa shape index (κ2) is 13.3. The van der Waals surface area contributed by atoms with Crippen molar-refractivity contribution in [1.82, 2.24) is 9.21 Å². The Morgan fingerprint density at radius 2 is 1.80 bits per heavy atom. The van der Waals surface area contributed by atoms with E-state index in [9.17, 15) is 23.4 Å². The average molecular weight is 576 g/mol. The molecule has 40 heavy (non-hydrogen) atoms. The summed E-state index contributed by atoms with van der Waals surface area (Å²) in [5.41, 5.74) is 0.807. The molecule has 2 aromatic carbocycles. The molecule has 0 spiro atoms. The Hall–Kier alpha value is -2.70. The van der Waals surface area contributed by atoms with Gasteiger partial charge in [-0.25, -0.2) is 8.42 Å². The molecule has 5 atom stereocenters. The van der Waals surface area contributed by atoms with Crippen LogP contribution in [-0.2, 0) is 25.9 Å². The summed E-state index contributed by atoms with van der Waals surface area (Å²) in [6.07, 6.45) is -1.64. The first-order valence-electron chi connectivity index (χ1n) is 13.7. The SMILES string of the molecule is COc1ccc(S(=O)(=O)N(CC(C)C)C[C@@H](O)[C@H](Cc2ccccc2)N(C(=O)[O-])[C@@H]2CO[C@@H]3OCCC[C@@H]32)cc1. The second-order valence-electron chi connectivity index (χ2n) is 10.8. The van der Waals surface area contributed by atoms with E-state index in [1.807, 2.05) is 44.2 Å². The van der Waals surface area contributed by atoms with Crippen LogP contribution in [0.1, 0.15) is 32.3 Å². The maximum absolute atomic E-state index is 13.7. The van der Waals surface area contributed by atoms with Crippen LogP contribution in [0.25, 0.3) is 0 Å². The van der Waals surface area contributed by atoms with Crippen molar-refractivity contribution in [1.29, 1.82) is 0 Å².